The van der Waals surface area contributed by atoms with Gasteiger partial charge in [-0.15, -0.1) is 0 Å². The number of hydrogen-bond acceptors (Lipinski definition) is 6. The van der Waals surface area contributed by atoms with E-state index in [1.165, 1.54) is 0 Å². The Morgan fingerprint density at radius 1 is 0.964 bits per heavy atom. The SMILES string of the molecule is COc1cnc(COc2ccc(B3OC(C)(C)C(C)(C)O3)cc2)c(OC)c1C. The summed E-state index contributed by atoms with van der Waals surface area (Å²) in [6.07, 6.45) is 1.68. The highest BCUT2D eigenvalue weighted by atomic mass is 16.7. The molecule has 1 aliphatic heterocycles. The molecule has 1 saturated heterocycles. The number of nitrogens with zero attached hydrogens (tertiary/aromatic N) is 1. The van der Waals surface area contributed by atoms with Crippen molar-refractivity contribution >= 4 is 12.6 Å². The van der Waals surface area contributed by atoms with Gasteiger partial charge in [0.25, 0.3) is 0 Å². The molecule has 6 nitrogen and oxygen atoms in total. The van der Waals surface area contributed by atoms with Gasteiger partial charge in [-0.3, -0.25) is 0 Å². The Labute approximate surface area is 167 Å². The zero-order chi connectivity index (χ0) is 20.5. The van der Waals surface area contributed by atoms with Gasteiger partial charge in [0.1, 0.15) is 23.8 Å². The van der Waals surface area contributed by atoms with E-state index in [-0.39, 0.29) is 18.3 Å². The van der Waals surface area contributed by atoms with Crippen LogP contribution in [0.3, 0.4) is 0 Å². The van der Waals surface area contributed by atoms with Crippen molar-refractivity contribution in [3.63, 3.8) is 0 Å². The lowest BCUT2D eigenvalue weighted by molar-refractivity contribution is 0.00578. The Bertz CT molecular complexity index is 819. The molecule has 0 atom stereocenters. The first kappa shape index (κ1) is 20.5. The summed E-state index contributed by atoms with van der Waals surface area (Å²) >= 11 is 0. The van der Waals surface area contributed by atoms with Crippen LogP contribution in [0.4, 0.5) is 0 Å². The van der Waals surface area contributed by atoms with Crippen LogP contribution in [0, 0.1) is 6.92 Å². The van der Waals surface area contributed by atoms with Crippen LogP contribution in [0.5, 0.6) is 17.2 Å². The van der Waals surface area contributed by atoms with Crippen molar-refractivity contribution in [1.29, 1.82) is 0 Å². The van der Waals surface area contributed by atoms with Crippen molar-refractivity contribution < 1.29 is 23.5 Å². The van der Waals surface area contributed by atoms with Crippen molar-refractivity contribution in [3.8, 4) is 17.2 Å². The summed E-state index contributed by atoms with van der Waals surface area (Å²) in [7, 11) is 2.85. The molecule has 0 aliphatic carbocycles. The molecule has 1 aromatic heterocycles. The van der Waals surface area contributed by atoms with Crippen molar-refractivity contribution in [1.82, 2.24) is 4.98 Å². The van der Waals surface area contributed by atoms with Gasteiger partial charge in [0, 0.05) is 5.56 Å². The van der Waals surface area contributed by atoms with Crippen molar-refractivity contribution in [3.05, 3.63) is 41.7 Å². The van der Waals surface area contributed by atoms with Gasteiger partial charge in [-0.2, -0.15) is 0 Å². The van der Waals surface area contributed by atoms with Crippen LogP contribution in [0.2, 0.25) is 0 Å². The lowest BCUT2D eigenvalue weighted by atomic mass is 9.79. The highest BCUT2D eigenvalue weighted by Gasteiger charge is 2.51. The minimum absolute atomic E-state index is 0.295. The molecule has 3 rings (SSSR count). The Balaban J connectivity index is 1.69. The van der Waals surface area contributed by atoms with Gasteiger partial charge in [0.05, 0.1) is 31.6 Å². The molecule has 150 valence electrons. The van der Waals surface area contributed by atoms with Gasteiger partial charge >= 0.3 is 7.12 Å². The Hall–Kier alpha value is -2.25. The highest BCUT2D eigenvalue weighted by molar-refractivity contribution is 6.62. The first-order chi connectivity index (χ1) is 13.2. The number of pyridine rings is 1. The summed E-state index contributed by atoms with van der Waals surface area (Å²) in [6, 6.07) is 7.73. The van der Waals surface area contributed by atoms with Gasteiger partial charge in [-0.05, 0) is 52.2 Å². The molecular formula is C21H28BNO5. The molecule has 1 aromatic carbocycles. The Kier molecular flexibility index (Phi) is 5.59. The quantitative estimate of drug-likeness (QED) is 0.712. The van der Waals surface area contributed by atoms with E-state index in [2.05, 4.69) is 4.98 Å². The second kappa shape index (κ2) is 7.64. The molecule has 2 aromatic rings. The highest BCUT2D eigenvalue weighted by Crippen LogP contribution is 2.36. The van der Waals surface area contributed by atoms with Gasteiger partial charge in [-0.25, -0.2) is 4.98 Å². The zero-order valence-electron chi connectivity index (χ0n) is 17.7. The fraction of sp³-hybridized carbons (Fsp3) is 0.476. The van der Waals surface area contributed by atoms with E-state index in [1.807, 2.05) is 58.9 Å². The minimum Gasteiger partial charge on any atom is -0.495 e. The molecule has 2 heterocycles. The third-order valence-corrected chi connectivity index (χ3v) is 5.52. The molecule has 0 amide bonds. The van der Waals surface area contributed by atoms with Crippen molar-refractivity contribution in [2.45, 2.75) is 52.4 Å². The molecule has 0 radical (unpaired) electrons. The van der Waals surface area contributed by atoms with Crippen molar-refractivity contribution in [2.24, 2.45) is 0 Å². The molecule has 0 unspecified atom stereocenters. The number of hydrogen-bond donors (Lipinski definition) is 0. The predicted molar refractivity (Wildman–Crippen MR) is 109 cm³/mol. The first-order valence-corrected chi connectivity index (χ1v) is 9.33. The first-order valence-electron chi connectivity index (χ1n) is 9.33. The summed E-state index contributed by atoms with van der Waals surface area (Å²) in [5.74, 6) is 2.10. The molecule has 1 aliphatic rings. The van der Waals surface area contributed by atoms with Crippen molar-refractivity contribution in [2.75, 3.05) is 14.2 Å². The molecule has 0 saturated carbocycles. The lowest BCUT2D eigenvalue weighted by Crippen LogP contribution is -2.41. The number of aromatic nitrogens is 1. The summed E-state index contributed by atoms with van der Waals surface area (Å²) in [6.45, 7) is 10.4. The zero-order valence-corrected chi connectivity index (χ0v) is 17.7. The van der Waals surface area contributed by atoms with Crippen LogP contribution in [-0.2, 0) is 15.9 Å². The number of rotatable bonds is 6. The van der Waals surface area contributed by atoms with Gasteiger partial charge in [0.2, 0.25) is 0 Å². The average Bonchev–Trinajstić information content (AvgIpc) is 2.88. The molecule has 1 fully saturated rings. The third kappa shape index (κ3) is 3.82. The van der Waals surface area contributed by atoms with Gasteiger partial charge in [0.15, 0.2) is 5.75 Å². The van der Waals surface area contributed by atoms with E-state index in [9.17, 15) is 0 Å². The maximum atomic E-state index is 6.08. The largest absolute Gasteiger partial charge is 0.495 e. The predicted octanol–water partition coefficient (Wildman–Crippen LogP) is 3.29. The molecule has 0 spiro atoms. The molecule has 7 heteroatoms. The van der Waals surface area contributed by atoms with Crippen LogP contribution < -0.4 is 19.7 Å². The van der Waals surface area contributed by atoms with Crippen LogP contribution in [-0.4, -0.2) is 37.5 Å². The van der Waals surface area contributed by atoms with Crippen LogP contribution in [0.15, 0.2) is 30.5 Å². The second-order valence-corrected chi connectivity index (χ2v) is 7.88. The minimum atomic E-state index is -0.384. The number of methoxy groups -OCH3 is 2. The maximum Gasteiger partial charge on any atom is 0.494 e. The fourth-order valence-corrected chi connectivity index (χ4v) is 3.05. The third-order valence-electron chi connectivity index (χ3n) is 5.52. The maximum absolute atomic E-state index is 6.08. The van der Waals surface area contributed by atoms with Crippen LogP contribution in [0.25, 0.3) is 0 Å². The normalized spacial score (nSPS) is 17.5. The monoisotopic (exact) mass is 385 g/mol. The lowest BCUT2D eigenvalue weighted by Gasteiger charge is -2.32. The topological polar surface area (TPSA) is 59.0 Å². The summed E-state index contributed by atoms with van der Waals surface area (Å²) in [4.78, 5) is 4.39. The summed E-state index contributed by atoms with van der Waals surface area (Å²) < 4.78 is 28.8. The van der Waals surface area contributed by atoms with E-state index in [0.717, 1.165) is 22.5 Å². The van der Waals surface area contributed by atoms with E-state index in [1.54, 1.807) is 20.4 Å². The van der Waals surface area contributed by atoms with Crippen LogP contribution in [0.1, 0.15) is 39.0 Å². The number of ether oxygens (including phenoxy) is 3. The smallest absolute Gasteiger partial charge is 0.494 e. The van der Waals surface area contributed by atoms with E-state index in [0.29, 0.717) is 18.1 Å². The molecule has 0 N–H and O–H groups in total. The standard InChI is InChI=1S/C21H28BNO5/c1-14-18(24-6)12-23-17(19(14)25-7)13-26-16-10-8-15(9-11-16)22-27-20(2,3)21(4,5)28-22/h8-12H,13H2,1-7H3. The Morgan fingerprint density at radius 3 is 2.11 bits per heavy atom. The van der Waals surface area contributed by atoms with E-state index in [4.69, 9.17) is 23.5 Å². The van der Waals surface area contributed by atoms with E-state index >= 15 is 0 Å². The average molecular weight is 385 g/mol. The molecule has 0 bridgehead atoms. The van der Waals surface area contributed by atoms with Gasteiger partial charge < -0.3 is 23.5 Å². The molecule has 28 heavy (non-hydrogen) atoms. The summed E-state index contributed by atoms with van der Waals surface area (Å²) in [5.41, 5.74) is 1.86. The second-order valence-electron chi connectivity index (χ2n) is 7.88. The number of benzene rings is 1. The van der Waals surface area contributed by atoms with Crippen LogP contribution >= 0.6 is 0 Å². The van der Waals surface area contributed by atoms with Gasteiger partial charge in [-0.1, -0.05) is 12.1 Å². The Morgan fingerprint density at radius 2 is 1.57 bits per heavy atom. The summed E-state index contributed by atoms with van der Waals surface area (Å²) in [5, 5.41) is 0. The molecular weight excluding hydrogens is 357 g/mol. The van der Waals surface area contributed by atoms with E-state index < -0.39 is 0 Å². The fourth-order valence-electron chi connectivity index (χ4n) is 3.05.